The molecule has 6 nitrogen and oxygen atoms in total. The minimum atomic E-state index is -0.862. The predicted octanol–water partition coefficient (Wildman–Crippen LogP) is 1.89. The normalized spacial score (nSPS) is 22.9. The fraction of sp³-hybridized carbons (Fsp3) is 0.462. The van der Waals surface area contributed by atoms with Crippen molar-refractivity contribution in [2.45, 2.75) is 13.5 Å². The maximum absolute atomic E-state index is 13.9. The summed E-state index contributed by atoms with van der Waals surface area (Å²) >= 11 is 0. The van der Waals surface area contributed by atoms with Gasteiger partial charge in [-0.1, -0.05) is 19.1 Å². The molecule has 108 valence electrons. The average molecular weight is 282 g/mol. The van der Waals surface area contributed by atoms with E-state index in [9.17, 15) is 19.3 Å². The molecule has 2 rings (SSSR count). The number of hydrogen-bond donors (Lipinski definition) is 1. The fourth-order valence-corrected chi connectivity index (χ4v) is 2.59. The van der Waals surface area contributed by atoms with Crippen LogP contribution in [0.25, 0.3) is 0 Å². The number of nitrogens with zero attached hydrogens (tertiary/aromatic N) is 2. The van der Waals surface area contributed by atoms with E-state index in [1.807, 2.05) is 11.8 Å². The number of halogens is 1. The average Bonchev–Trinajstić information content (AvgIpc) is 2.72. The van der Waals surface area contributed by atoms with Gasteiger partial charge in [0.15, 0.2) is 0 Å². The van der Waals surface area contributed by atoms with E-state index in [4.69, 9.17) is 5.11 Å². The summed E-state index contributed by atoms with van der Waals surface area (Å²) in [6.45, 7) is 2.89. The predicted molar refractivity (Wildman–Crippen MR) is 68.6 cm³/mol. The van der Waals surface area contributed by atoms with Crippen LogP contribution >= 0.6 is 0 Å². The summed E-state index contributed by atoms with van der Waals surface area (Å²) in [5.41, 5.74) is -0.332. The second-order valence-electron chi connectivity index (χ2n) is 5.12. The molecule has 1 aliphatic heterocycles. The van der Waals surface area contributed by atoms with Crippen molar-refractivity contribution in [2.75, 3.05) is 13.1 Å². The second-order valence-corrected chi connectivity index (χ2v) is 5.12. The molecule has 0 bridgehead atoms. The minimum absolute atomic E-state index is 0.0192. The number of aliphatic carboxylic acids is 1. The molecule has 0 aliphatic carbocycles. The molecule has 0 spiro atoms. The van der Waals surface area contributed by atoms with Crippen molar-refractivity contribution < 1.29 is 19.2 Å². The molecule has 0 radical (unpaired) electrons. The lowest BCUT2D eigenvalue weighted by atomic mass is 9.99. The van der Waals surface area contributed by atoms with Gasteiger partial charge in [0, 0.05) is 31.3 Å². The van der Waals surface area contributed by atoms with Gasteiger partial charge in [0.05, 0.1) is 10.8 Å². The van der Waals surface area contributed by atoms with Crippen LogP contribution in [0.2, 0.25) is 0 Å². The molecule has 20 heavy (non-hydrogen) atoms. The van der Waals surface area contributed by atoms with Crippen LogP contribution in [-0.4, -0.2) is 34.0 Å². The number of nitro groups is 1. The molecule has 1 aromatic carbocycles. The zero-order valence-corrected chi connectivity index (χ0v) is 11.0. The van der Waals surface area contributed by atoms with Gasteiger partial charge >= 0.3 is 11.7 Å². The summed E-state index contributed by atoms with van der Waals surface area (Å²) < 4.78 is 13.9. The summed E-state index contributed by atoms with van der Waals surface area (Å²) in [6, 6.07) is 4.04. The standard InChI is InChI=1S/C13H15FN2O4/c1-8-5-15(7-10(8)13(17)18)6-9-3-2-4-11(12(9)14)16(19)20/h2-4,8,10H,5-7H2,1H3,(H,17,18)/t8-,10-/m1/s1. The molecule has 0 aromatic heterocycles. The molecule has 0 unspecified atom stereocenters. The highest BCUT2D eigenvalue weighted by atomic mass is 19.1. The fourth-order valence-electron chi connectivity index (χ4n) is 2.59. The number of carboxylic acid groups (broad SMARTS) is 1. The highest BCUT2D eigenvalue weighted by molar-refractivity contribution is 5.71. The van der Waals surface area contributed by atoms with Crippen molar-refractivity contribution in [1.29, 1.82) is 0 Å². The van der Waals surface area contributed by atoms with Crippen molar-refractivity contribution in [3.8, 4) is 0 Å². The molecule has 1 aliphatic rings. The smallest absolute Gasteiger partial charge is 0.308 e. The van der Waals surface area contributed by atoms with Gasteiger partial charge < -0.3 is 5.11 Å². The molecule has 7 heteroatoms. The lowest BCUT2D eigenvalue weighted by molar-refractivity contribution is -0.387. The summed E-state index contributed by atoms with van der Waals surface area (Å²) in [6.07, 6.45) is 0. The molecule has 0 saturated carbocycles. The first-order valence-corrected chi connectivity index (χ1v) is 6.27. The first kappa shape index (κ1) is 14.4. The minimum Gasteiger partial charge on any atom is -0.481 e. The van der Waals surface area contributed by atoms with Crippen LogP contribution in [0, 0.1) is 27.8 Å². The van der Waals surface area contributed by atoms with Crippen LogP contribution in [0.15, 0.2) is 18.2 Å². The molecule has 1 aromatic rings. The molecule has 1 N–H and O–H groups in total. The maximum Gasteiger partial charge on any atom is 0.308 e. The lowest BCUT2D eigenvalue weighted by Gasteiger charge is -2.15. The van der Waals surface area contributed by atoms with Gasteiger partial charge in [0.2, 0.25) is 5.82 Å². The summed E-state index contributed by atoms with van der Waals surface area (Å²) in [5.74, 6) is -2.20. The van der Waals surface area contributed by atoms with Crippen molar-refractivity contribution in [1.82, 2.24) is 4.90 Å². The SMILES string of the molecule is C[C@@H]1CN(Cc2cccc([N+](=O)[O-])c2F)C[C@H]1C(=O)O. The zero-order valence-electron chi connectivity index (χ0n) is 11.0. The van der Waals surface area contributed by atoms with Crippen molar-refractivity contribution in [3.05, 3.63) is 39.7 Å². The number of likely N-dealkylation sites (tertiary alicyclic amines) is 1. The Morgan fingerprint density at radius 3 is 2.80 bits per heavy atom. The Kier molecular flexibility index (Phi) is 3.99. The molecule has 2 atom stereocenters. The number of benzene rings is 1. The first-order chi connectivity index (χ1) is 9.40. The molecular formula is C13H15FN2O4. The monoisotopic (exact) mass is 282 g/mol. The van der Waals surface area contributed by atoms with E-state index >= 15 is 0 Å². The quantitative estimate of drug-likeness (QED) is 0.673. The third-order valence-electron chi connectivity index (χ3n) is 3.65. The van der Waals surface area contributed by atoms with E-state index in [-0.39, 0.29) is 18.0 Å². The van der Waals surface area contributed by atoms with E-state index in [1.165, 1.54) is 12.1 Å². The first-order valence-electron chi connectivity index (χ1n) is 6.27. The van der Waals surface area contributed by atoms with Crippen molar-refractivity contribution >= 4 is 11.7 Å². The van der Waals surface area contributed by atoms with E-state index in [1.54, 1.807) is 0 Å². The van der Waals surface area contributed by atoms with Crippen LogP contribution in [0.3, 0.4) is 0 Å². The Bertz CT molecular complexity index is 549. The van der Waals surface area contributed by atoms with Crippen LogP contribution in [-0.2, 0) is 11.3 Å². The third kappa shape index (κ3) is 2.77. The second kappa shape index (κ2) is 5.54. The number of rotatable bonds is 4. The Morgan fingerprint density at radius 1 is 1.55 bits per heavy atom. The molecule has 1 heterocycles. The third-order valence-corrected chi connectivity index (χ3v) is 3.65. The summed E-state index contributed by atoms with van der Waals surface area (Å²) in [7, 11) is 0. The number of carbonyl (C=O) groups is 1. The van der Waals surface area contributed by atoms with Crippen LogP contribution in [0.4, 0.5) is 10.1 Å². The van der Waals surface area contributed by atoms with Crippen molar-refractivity contribution in [2.24, 2.45) is 11.8 Å². The van der Waals surface area contributed by atoms with Gasteiger partial charge in [-0.2, -0.15) is 4.39 Å². The van der Waals surface area contributed by atoms with Crippen LogP contribution < -0.4 is 0 Å². The highest BCUT2D eigenvalue weighted by Crippen LogP contribution is 2.27. The van der Waals surface area contributed by atoms with E-state index in [0.29, 0.717) is 13.1 Å². The Balaban J connectivity index is 2.14. The summed E-state index contributed by atoms with van der Waals surface area (Å²) in [5, 5.41) is 19.7. The van der Waals surface area contributed by atoms with E-state index < -0.39 is 28.3 Å². The van der Waals surface area contributed by atoms with Gasteiger partial charge in [-0.05, 0) is 5.92 Å². The van der Waals surface area contributed by atoms with Gasteiger partial charge in [0.25, 0.3) is 0 Å². The van der Waals surface area contributed by atoms with Gasteiger partial charge in [-0.3, -0.25) is 19.8 Å². The van der Waals surface area contributed by atoms with Crippen molar-refractivity contribution in [3.63, 3.8) is 0 Å². The topological polar surface area (TPSA) is 83.7 Å². The summed E-state index contributed by atoms with van der Waals surface area (Å²) in [4.78, 5) is 22.8. The molecule has 0 amide bonds. The van der Waals surface area contributed by atoms with Crippen LogP contribution in [0.1, 0.15) is 12.5 Å². The lowest BCUT2D eigenvalue weighted by Crippen LogP contribution is -2.23. The van der Waals surface area contributed by atoms with Crippen LogP contribution in [0.5, 0.6) is 0 Å². The number of hydrogen-bond acceptors (Lipinski definition) is 4. The van der Waals surface area contributed by atoms with E-state index in [0.717, 1.165) is 6.07 Å². The van der Waals surface area contributed by atoms with E-state index in [2.05, 4.69) is 0 Å². The van der Waals surface area contributed by atoms with Gasteiger partial charge in [-0.15, -0.1) is 0 Å². The maximum atomic E-state index is 13.9. The molecule has 1 fully saturated rings. The molecule has 1 saturated heterocycles. The largest absolute Gasteiger partial charge is 0.481 e. The molecular weight excluding hydrogens is 267 g/mol. The zero-order chi connectivity index (χ0) is 14.9. The van der Waals surface area contributed by atoms with Gasteiger partial charge in [0.1, 0.15) is 0 Å². The Labute approximate surface area is 115 Å². The highest BCUT2D eigenvalue weighted by Gasteiger charge is 2.35. The Morgan fingerprint density at radius 2 is 2.25 bits per heavy atom. The van der Waals surface area contributed by atoms with Gasteiger partial charge in [-0.25, -0.2) is 0 Å². The number of carboxylic acids is 1. The Hall–Kier alpha value is -2.02. The number of nitro benzene ring substituents is 1.